The van der Waals surface area contributed by atoms with Gasteiger partial charge in [-0.15, -0.1) is 0 Å². The second-order valence-corrected chi connectivity index (χ2v) is 8.64. The third-order valence-electron chi connectivity index (χ3n) is 4.95. The lowest BCUT2D eigenvalue weighted by Crippen LogP contribution is -2.49. The summed E-state index contributed by atoms with van der Waals surface area (Å²) < 4.78 is 29.0. The first-order valence-corrected chi connectivity index (χ1v) is 10.6. The van der Waals surface area contributed by atoms with Crippen molar-refractivity contribution in [1.29, 1.82) is 0 Å². The standard InChI is InChI=1S/C19H22N6O2S/c1-15-19(16(2)25(22-15)18-7-3-4-9-21-18)23-10-12-24(13-11-23)28(26,27)17-6-5-8-20-14-17/h3-9,14H,10-13H2,1-2H3. The van der Waals surface area contributed by atoms with Crippen LogP contribution in [0.25, 0.3) is 5.82 Å². The van der Waals surface area contributed by atoms with Crippen molar-refractivity contribution in [3.05, 3.63) is 60.3 Å². The van der Waals surface area contributed by atoms with Gasteiger partial charge in [0.2, 0.25) is 10.0 Å². The lowest BCUT2D eigenvalue weighted by Gasteiger charge is -2.35. The summed E-state index contributed by atoms with van der Waals surface area (Å²) in [5, 5.41) is 4.64. The minimum atomic E-state index is -3.51. The third kappa shape index (κ3) is 3.27. The smallest absolute Gasteiger partial charge is 0.244 e. The fourth-order valence-corrected chi connectivity index (χ4v) is 4.98. The molecule has 0 aliphatic carbocycles. The molecule has 28 heavy (non-hydrogen) atoms. The van der Waals surface area contributed by atoms with E-state index in [1.807, 2.05) is 36.7 Å². The zero-order chi connectivity index (χ0) is 19.7. The monoisotopic (exact) mass is 398 g/mol. The molecule has 0 amide bonds. The average Bonchev–Trinajstić information content (AvgIpc) is 3.03. The van der Waals surface area contributed by atoms with Gasteiger partial charge in [0, 0.05) is 44.8 Å². The van der Waals surface area contributed by atoms with Crippen LogP contribution in [0.4, 0.5) is 5.69 Å². The highest BCUT2D eigenvalue weighted by atomic mass is 32.2. The first-order chi connectivity index (χ1) is 13.5. The molecule has 0 spiro atoms. The molecular weight excluding hydrogens is 376 g/mol. The number of piperazine rings is 1. The van der Waals surface area contributed by atoms with Crippen molar-refractivity contribution in [2.75, 3.05) is 31.1 Å². The molecule has 4 heterocycles. The summed E-state index contributed by atoms with van der Waals surface area (Å²) in [6.07, 6.45) is 4.71. The van der Waals surface area contributed by atoms with Gasteiger partial charge < -0.3 is 4.90 Å². The number of anilines is 1. The summed E-state index contributed by atoms with van der Waals surface area (Å²) in [5.41, 5.74) is 2.95. The molecule has 1 aliphatic rings. The molecule has 4 rings (SSSR count). The molecule has 0 unspecified atom stereocenters. The Morgan fingerprint density at radius 2 is 1.75 bits per heavy atom. The molecule has 0 saturated carbocycles. The quantitative estimate of drug-likeness (QED) is 0.666. The van der Waals surface area contributed by atoms with Gasteiger partial charge in [-0.05, 0) is 38.1 Å². The maximum Gasteiger partial charge on any atom is 0.244 e. The Balaban J connectivity index is 1.54. The van der Waals surface area contributed by atoms with E-state index in [2.05, 4.69) is 20.0 Å². The zero-order valence-corrected chi connectivity index (χ0v) is 16.7. The number of sulfonamides is 1. The molecule has 9 heteroatoms. The molecule has 0 bridgehead atoms. The van der Waals surface area contributed by atoms with E-state index in [4.69, 9.17) is 0 Å². The number of pyridine rings is 2. The largest absolute Gasteiger partial charge is 0.366 e. The van der Waals surface area contributed by atoms with E-state index in [0.717, 1.165) is 22.9 Å². The van der Waals surface area contributed by atoms with Crippen LogP contribution in [0, 0.1) is 13.8 Å². The molecule has 1 aliphatic heterocycles. The lowest BCUT2D eigenvalue weighted by atomic mass is 10.2. The van der Waals surface area contributed by atoms with E-state index in [0.29, 0.717) is 26.2 Å². The van der Waals surface area contributed by atoms with Gasteiger partial charge in [0.1, 0.15) is 4.90 Å². The fourth-order valence-electron chi connectivity index (χ4n) is 3.60. The van der Waals surface area contributed by atoms with E-state index in [1.165, 1.54) is 10.5 Å². The van der Waals surface area contributed by atoms with Crippen LogP contribution in [-0.2, 0) is 10.0 Å². The summed E-state index contributed by atoms with van der Waals surface area (Å²) in [7, 11) is -3.51. The Morgan fingerprint density at radius 1 is 0.964 bits per heavy atom. The Labute approximate surface area is 164 Å². The third-order valence-corrected chi connectivity index (χ3v) is 6.83. The van der Waals surface area contributed by atoms with Crippen molar-refractivity contribution < 1.29 is 8.42 Å². The Bertz CT molecular complexity index is 1060. The van der Waals surface area contributed by atoms with Gasteiger partial charge in [-0.2, -0.15) is 9.40 Å². The molecule has 3 aromatic rings. The molecular formula is C19H22N6O2S. The van der Waals surface area contributed by atoms with Crippen molar-refractivity contribution in [3.63, 3.8) is 0 Å². The minimum Gasteiger partial charge on any atom is -0.366 e. The van der Waals surface area contributed by atoms with Crippen LogP contribution in [0.1, 0.15) is 11.4 Å². The molecule has 0 radical (unpaired) electrons. The summed E-state index contributed by atoms with van der Waals surface area (Å²) in [6.45, 7) is 6.04. The van der Waals surface area contributed by atoms with Gasteiger partial charge in [0.05, 0.1) is 17.1 Å². The summed E-state index contributed by atoms with van der Waals surface area (Å²) in [6, 6.07) is 8.95. The molecule has 1 fully saturated rings. The van der Waals surface area contributed by atoms with Gasteiger partial charge in [-0.25, -0.2) is 18.1 Å². The number of aromatic nitrogens is 4. The maximum absolute atomic E-state index is 12.8. The molecule has 8 nitrogen and oxygen atoms in total. The predicted octanol–water partition coefficient (Wildman–Crippen LogP) is 1.79. The van der Waals surface area contributed by atoms with Crippen LogP contribution in [0.15, 0.2) is 53.8 Å². The number of hydrogen-bond donors (Lipinski definition) is 0. The van der Waals surface area contributed by atoms with Crippen LogP contribution in [-0.4, -0.2) is 58.7 Å². The highest BCUT2D eigenvalue weighted by Crippen LogP contribution is 2.28. The van der Waals surface area contributed by atoms with Crippen LogP contribution in [0.2, 0.25) is 0 Å². The number of nitrogens with zero attached hydrogens (tertiary/aromatic N) is 6. The number of aryl methyl sites for hydroxylation is 1. The molecule has 0 aromatic carbocycles. The van der Waals surface area contributed by atoms with Gasteiger partial charge >= 0.3 is 0 Å². The van der Waals surface area contributed by atoms with E-state index in [1.54, 1.807) is 24.5 Å². The van der Waals surface area contributed by atoms with Crippen LogP contribution < -0.4 is 4.90 Å². The van der Waals surface area contributed by atoms with Crippen molar-refractivity contribution in [2.24, 2.45) is 0 Å². The first-order valence-electron chi connectivity index (χ1n) is 9.11. The second-order valence-electron chi connectivity index (χ2n) is 6.70. The summed E-state index contributed by atoms with van der Waals surface area (Å²) >= 11 is 0. The van der Waals surface area contributed by atoms with Crippen molar-refractivity contribution in [2.45, 2.75) is 18.7 Å². The van der Waals surface area contributed by atoms with Crippen molar-refractivity contribution in [1.82, 2.24) is 24.1 Å². The van der Waals surface area contributed by atoms with Gasteiger partial charge in [0.15, 0.2) is 5.82 Å². The van der Waals surface area contributed by atoms with Crippen LogP contribution in [0.5, 0.6) is 0 Å². The molecule has 3 aromatic heterocycles. The highest BCUT2D eigenvalue weighted by molar-refractivity contribution is 7.89. The average molecular weight is 398 g/mol. The van der Waals surface area contributed by atoms with E-state index < -0.39 is 10.0 Å². The fraction of sp³-hybridized carbons (Fsp3) is 0.316. The summed E-state index contributed by atoms with van der Waals surface area (Å²) in [5.74, 6) is 0.771. The lowest BCUT2D eigenvalue weighted by molar-refractivity contribution is 0.384. The van der Waals surface area contributed by atoms with Gasteiger partial charge in [-0.1, -0.05) is 6.07 Å². The van der Waals surface area contributed by atoms with E-state index in [9.17, 15) is 8.42 Å². The van der Waals surface area contributed by atoms with Crippen LogP contribution in [0.3, 0.4) is 0 Å². The topological polar surface area (TPSA) is 84.2 Å². The van der Waals surface area contributed by atoms with Crippen LogP contribution >= 0.6 is 0 Å². The number of rotatable bonds is 4. The highest BCUT2D eigenvalue weighted by Gasteiger charge is 2.30. The van der Waals surface area contributed by atoms with Gasteiger partial charge in [0.25, 0.3) is 0 Å². The second kappa shape index (κ2) is 7.33. The van der Waals surface area contributed by atoms with Gasteiger partial charge in [-0.3, -0.25) is 4.98 Å². The Hall–Kier alpha value is -2.78. The zero-order valence-electron chi connectivity index (χ0n) is 15.9. The Morgan fingerprint density at radius 3 is 2.39 bits per heavy atom. The SMILES string of the molecule is Cc1nn(-c2ccccn2)c(C)c1N1CCN(S(=O)(=O)c2cccnc2)CC1. The number of hydrogen-bond acceptors (Lipinski definition) is 6. The minimum absolute atomic E-state index is 0.235. The molecule has 146 valence electrons. The summed E-state index contributed by atoms with van der Waals surface area (Å²) in [4.78, 5) is 10.7. The predicted molar refractivity (Wildman–Crippen MR) is 106 cm³/mol. The van der Waals surface area contributed by atoms with Crippen molar-refractivity contribution in [3.8, 4) is 5.82 Å². The molecule has 0 atom stereocenters. The normalized spacial score (nSPS) is 15.7. The maximum atomic E-state index is 12.8. The Kier molecular flexibility index (Phi) is 4.86. The van der Waals surface area contributed by atoms with E-state index in [-0.39, 0.29) is 4.90 Å². The van der Waals surface area contributed by atoms with Crippen molar-refractivity contribution >= 4 is 15.7 Å². The van der Waals surface area contributed by atoms with E-state index >= 15 is 0 Å². The first kappa shape index (κ1) is 18.6. The molecule has 0 N–H and O–H groups in total. The molecule has 1 saturated heterocycles.